The Labute approximate surface area is 112 Å². The average Bonchev–Trinajstić information content (AvgIpc) is 2.82. The number of aliphatic hydroxyl groups is 1. The van der Waals surface area contributed by atoms with Gasteiger partial charge in [0.1, 0.15) is 0 Å². The van der Waals surface area contributed by atoms with Crippen LogP contribution in [-0.2, 0) is 0 Å². The van der Waals surface area contributed by atoms with Crippen LogP contribution in [0, 0.1) is 17.3 Å². The van der Waals surface area contributed by atoms with Gasteiger partial charge in [-0.1, -0.05) is 26.7 Å². The highest BCUT2D eigenvalue weighted by Gasteiger charge is 2.53. The van der Waals surface area contributed by atoms with Crippen LogP contribution in [-0.4, -0.2) is 17.3 Å². The lowest BCUT2D eigenvalue weighted by Crippen LogP contribution is -2.53. The molecular formula is C16H31NO. The predicted octanol–water partition coefficient (Wildman–Crippen LogP) is 3.47. The molecule has 0 amide bonds. The molecule has 0 radical (unpaired) electrons. The SMILES string of the molecule is CCC1CCC(CN)(C2(O)CCC(CC)C2)CC1. The average molecular weight is 253 g/mol. The van der Waals surface area contributed by atoms with E-state index < -0.39 is 5.60 Å². The zero-order valence-corrected chi connectivity index (χ0v) is 12.3. The van der Waals surface area contributed by atoms with Gasteiger partial charge in [-0.15, -0.1) is 0 Å². The van der Waals surface area contributed by atoms with Crippen LogP contribution in [0.15, 0.2) is 0 Å². The molecule has 0 saturated heterocycles. The van der Waals surface area contributed by atoms with Gasteiger partial charge in [0, 0.05) is 12.0 Å². The summed E-state index contributed by atoms with van der Waals surface area (Å²) >= 11 is 0. The van der Waals surface area contributed by atoms with Gasteiger partial charge in [0.15, 0.2) is 0 Å². The van der Waals surface area contributed by atoms with Gasteiger partial charge in [-0.05, 0) is 56.8 Å². The van der Waals surface area contributed by atoms with Crippen LogP contribution in [0.3, 0.4) is 0 Å². The Kier molecular flexibility index (Phi) is 4.38. The van der Waals surface area contributed by atoms with Crippen molar-refractivity contribution in [3.05, 3.63) is 0 Å². The van der Waals surface area contributed by atoms with E-state index in [-0.39, 0.29) is 5.41 Å². The van der Waals surface area contributed by atoms with Gasteiger partial charge in [-0.3, -0.25) is 0 Å². The van der Waals surface area contributed by atoms with Crippen molar-refractivity contribution in [2.75, 3.05) is 6.54 Å². The van der Waals surface area contributed by atoms with Gasteiger partial charge in [-0.25, -0.2) is 0 Å². The standard InChI is InChI=1S/C16H31NO/c1-3-13-5-8-15(12-17,9-6-13)16(18)10-7-14(4-2)11-16/h13-14,18H,3-12,17H2,1-2H3. The van der Waals surface area contributed by atoms with Crippen molar-refractivity contribution < 1.29 is 5.11 Å². The summed E-state index contributed by atoms with van der Waals surface area (Å²) in [7, 11) is 0. The second-order valence-corrected chi connectivity index (χ2v) is 6.88. The van der Waals surface area contributed by atoms with Gasteiger partial charge >= 0.3 is 0 Å². The molecule has 2 rings (SSSR count). The molecule has 0 aromatic carbocycles. The summed E-state index contributed by atoms with van der Waals surface area (Å²) in [4.78, 5) is 0. The Hall–Kier alpha value is -0.0800. The van der Waals surface area contributed by atoms with Crippen LogP contribution in [0.1, 0.15) is 71.6 Å². The van der Waals surface area contributed by atoms with E-state index >= 15 is 0 Å². The van der Waals surface area contributed by atoms with E-state index in [2.05, 4.69) is 13.8 Å². The van der Waals surface area contributed by atoms with E-state index in [9.17, 15) is 5.11 Å². The third kappa shape index (κ3) is 2.34. The molecule has 2 aliphatic carbocycles. The van der Waals surface area contributed by atoms with Gasteiger partial charge in [0.25, 0.3) is 0 Å². The maximum atomic E-state index is 11.1. The summed E-state index contributed by atoms with van der Waals surface area (Å²) in [6, 6.07) is 0. The summed E-state index contributed by atoms with van der Waals surface area (Å²) < 4.78 is 0. The van der Waals surface area contributed by atoms with Crippen molar-refractivity contribution in [1.82, 2.24) is 0 Å². The second kappa shape index (κ2) is 5.50. The summed E-state index contributed by atoms with van der Waals surface area (Å²) in [6.45, 7) is 5.22. The molecule has 2 heteroatoms. The van der Waals surface area contributed by atoms with Crippen LogP contribution in [0.5, 0.6) is 0 Å². The number of nitrogens with two attached hydrogens (primary N) is 1. The Morgan fingerprint density at radius 3 is 2.00 bits per heavy atom. The highest BCUT2D eigenvalue weighted by atomic mass is 16.3. The van der Waals surface area contributed by atoms with Crippen LogP contribution in [0.4, 0.5) is 0 Å². The maximum absolute atomic E-state index is 11.1. The molecule has 3 N–H and O–H groups in total. The minimum Gasteiger partial charge on any atom is -0.389 e. The third-order valence-electron chi connectivity index (χ3n) is 6.19. The van der Waals surface area contributed by atoms with Crippen molar-refractivity contribution in [3.8, 4) is 0 Å². The number of rotatable bonds is 4. The van der Waals surface area contributed by atoms with Gasteiger partial charge in [0.2, 0.25) is 0 Å². The van der Waals surface area contributed by atoms with E-state index in [1.807, 2.05) is 0 Å². The van der Waals surface area contributed by atoms with Crippen molar-refractivity contribution in [3.63, 3.8) is 0 Å². The zero-order valence-electron chi connectivity index (χ0n) is 12.3. The van der Waals surface area contributed by atoms with E-state index in [1.165, 1.54) is 32.1 Å². The smallest absolute Gasteiger partial charge is 0.0718 e. The predicted molar refractivity (Wildman–Crippen MR) is 76.3 cm³/mol. The molecule has 0 spiro atoms. The minimum absolute atomic E-state index is 0.0303. The minimum atomic E-state index is -0.457. The molecule has 0 heterocycles. The first-order chi connectivity index (χ1) is 8.59. The monoisotopic (exact) mass is 253 g/mol. The van der Waals surface area contributed by atoms with Gasteiger partial charge < -0.3 is 10.8 Å². The quantitative estimate of drug-likeness (QED) is 0.806. The topological polar surface area (TPSA) is 46.2 Å². The summed E-state index contributed by atoms with van der Waals surface area (Å²) in [6.07, 6.45) is 10.5. The molecule has 2 fully saturated rings. The fraction of sp³-hybridized carbons (Fsp3) is 1.00. The van der Waals surface area contributed by atoms with Crippen LogP contribution in [0.2, 0.25) is 0 Å². The number of hydrogen-bond donors (Lipinski definition) is 2. The Balaban J connectivity index is 2.08. The summed E-state index contributed by atoms with van der Waals surface area (Å²) in [5.74, 6) is 1.60. The molecule has 0 aromatic heterocycles. The largest absolute Gasteiger partial charge is 0.389 e. The Morgan fingerprint density at radius 1 is 1.00 bits per heavy atom. The third-order valence-corrected chi connectivity index (χ3v) is 6.19. The zero-order chi connectivity index (χ0) is 13.2. The molecule has 0 bridgehead atoms. The van der Waals surface area contributed by atoms with Crippen LogP contribution in [0.25, 0.3) is 0 Å². The van der Waals surface area contributed by atoms with E-state index in [0.29, 0.717) is 6.54 Å². The first kappa shape index (κ1) is 14.3. The first-order valence-corrected chi connectivity index (χ1v) is 8.01. The normalized spacial score (nSPS) is 45.3. The van der Waals surface area contributed by atoms with Crippen molar-refractivity contribution in [2.24, 2.45) is 23.0 Å². The fourth-order valence-corrected chi connectivity index (χ4v) is 4.45. The number of hydrogen-bond acceptors (Lipinski definition) is 2. The molecule has 2 atom stereocenters. The molecule has 0 aliphatic heterocycles. The molecule has 2 aliphatic rings. The molecule has 2 unspecified atom stereocenters. The van der Waals surface area contributed by atoms with E-state index in [0.717, 1.165) is 37.5 Å². The Morgan fingerprint density at radius 2 is 1.56 bits per heavy atom. The highest BCUT2D eigenvalue weighted by molar-refractivity contribution is 5.05. The lowest BCUT2D eigenvalue weighted by molar-refractivity contribution is -0.102. The van der Waals surface area contributed by atoms with Crippen molar-refractivity contribution in [1.29, 1.82) is 0 Å². The molecule has 106 valence electrons. The van der Waals surface area contributed by atoms with Crippen molar-refractivity contribution >= 4 is 0 Å². The lowest BCUT2D eigenvalue weighted by atomic mass is 9.60. The van der Waals surface area contributed by atoms with Gasteiger partial charge in [-0.2, -0.15) is 0 Å². The molecule has 2 nitrogen and oxygen atoms in total. The lowest BCUT2D eigenvalue weighted by Gasteiger charge is -2.49. The molecule has 0 aromatic rings. The molecule has 18 heavy (non-hydrogen) atoms. The molecule has 2 saturated carbocycles. The van der Waals surface area contributed by atoms with Crippen molar-refractivity contribution in [2.45, 2.75) is 77.2 Å². The second-order valence-electron chi connectivity index (χ2n) is 6.88. The molecular weight excluding hydrogens is 222 g/mol. The van der Waals surface area contributed by atoms with Gasteiger partial charge in [0.05, 0.1) is 5.60 Å². The summed E-state index contributed by atoms with van der Waals surface area (Å²) in [5.41, 5.74) is 5.69. The maximum Gasteiger partial charge on any atom is 0.0718 e. The summed E-state index contributed by atoms with van der Waals surface area (Å²) in [5, 5.41) is 11.1. The van der Waals surface area contributed by atoms with E-state index in [4.69, 9.17) is 5.73 Å². The highest BCUT2D eigenvalue weighted by Crippen LogP contribution is 2.54. The Bertz CT molecular complexity index is 270. The van der Waals surface area contributed by atoms with Crippen LogP contribution < -0.4 is 5.73 Å². The fourth-order valence-electron chi connectivity index (χ4n) is 4.45. The van der Waals surface area contributed by atoms with E-state index in [1.54, 1.807) is 0 Å². The first-order valence-electron chi connectivity index (χ1n) is 8.01. The van der Waals surface area contributed by atoms with Crippen LogP contribution >= 0.6 is 0 Å².